The quantitative estimate of drug-likeness (QED) is 0.873. The molecule has 3 rings (SSSR count). The Bertz CT molecular complexity index is 748. The Morgan fingerprint density at radius 1 is 1.20 bits per heavy atom. The van der Waals surface area contributed by atoms with Gasteiger partial charge < -0.3 is 19.7 Å². The number of unbranched alkanes of at least 4 members (excludes halogenated alkanes) is 1. The van der Waals surface area contributed by atoms with Gasteiger partial charge in [0.15, 0.2) is 11.5 Å². The summed E-state index contributed by atoms with van der Waals surface area (Å²) in [6, 6.07) is 7.24. The fourth-order valence-electron chi connectivity index (χ4n) is 2.61. The van der Waals surface area contributed by atoms with Crippen LogP contribution in [0.4, 0.5) is 11.4 Å². The van der Waals surface area contributed by atoms with Crippen LogP contribution in [-0.2, 0) is 0 Å². The van der Waals surface area contributed by atoms with Gasteiger partial charge in [-0.25, -0.2) is 0 Å². The average molecular weight is 341 g/mol. The van der Waals surface area contributed by atoms with Crippen LogP contribution in [0.2, 0.25) is 0 Å². The van der Waals surface area contributed by atoms with Crippen LogP contribution in [0.5, 0.6) is 11.5 Å². The number of pyridine rings is 1. The molecule has 6 heteroatoms. The second kappa shape index (κ2) is 7.88. The van der Waals surface area contributed by atoms with Gasteiger partial charge in [0.1, 0.15) is 13.2 Å². The van der Waals surface area contributed by atoms with E-state index in [4.69, 9.17) is 9.47 Å². The maximum atomic E-state index is 12.5. The Balaban J connectivity index is 1.71. The third-order valence-corrected chi connectivity index (χ3v) is 4.07. The minimum Gasteiger partial charge on any atom is -0.486 e. The van der Waals surface area contributed by atoms with E-state index in [0.29, 0.717) is 36.0 Å². The lowest BCUT2D eigenvalue weighted by molar-refractivity contribution is 0.102. The zero-order valence-corrected chi connectivity index (χ0v) is 14.6. The molecule has 0 aliphatic carbocycles. The minimum atomic E-state index is -0.199. The minimum absolute atomic E-state index is 0.199. The second-order valence-corrected chi connectivity index (χ2v) is 6.02. The number of benzene rings is 1. The molecule has 0 saturated carbocycles. The van der Waals surface area contributed by atoms with Gasteiger partial charge in [0.05, 0.1) is 17.4 Å². The Labute approximate surface area is 147 Å². The van der Waals surface area contributed by atoms with Gasteiger partial charge in [-0.3, -0.25) is 9.78 Å². The molecule has 0 saturated heterocycles. The number of carbonyl (C=O) groups excluding carboxylic acids is 1. The first-order valence-corrected chi connectivity index (χ1v) is 8.54. The summed E-state index contributed by atoms with van der Waals surface area (Å²) in [6.45, 7) is 4.15. The summed E-state index contributed by atoms with van der Waals surface area (Å²) in [7, 11) is 2.01. The molecule has 25 heavy (non-hydrogen) atoms. The van der Waals surface area contributed by atoms with Gasteiger partial charge in [-0.15, -0.1) is 0 Å². The number of rotatable bonds is 6. The van der Waals surface area contributed by atoms with Crippen molar-refractivity contribution in [3.8, 4) is 11.5 Å². The summed E-state index contributed by atoms with van der Waals surface area (Å²) in [4.78, 5) is 18.8. The zero-order valence-electron chi connectivity index (χ0n) is 14.6. The van der Waals surface area contributed by atoms with Gasteiger partial charge in [-0.05, 0) is 24.6 Å². The molecular weight excluding hydrogens is 318 g/mol. The molecule has 132 valence electrons. The van der Waals surface area contributed by atoms with E-state index in [1.54, 1.807) is 30.6 Å². The van der Waals surface area contributed by atoms with Gasteiger partial charge in [0.25, 0.3) is 5.91 Å². The van der Waals surface area contributed by atoms with Gasteiger partial charge >= 0.3 is 0 Å². The Hall–Kier alpha value is -2.76. The standard InChI is InChI=1S/C19H23N3O3/c1-3-4-7-22(2)16-10-14(12-20-13-16)19(23)21-15-5-6-17-18(11-15)25-9-8-24-17/h5-6,10-13H,3-4,7-9H2,1-2H3,(H,21,23). The highest BCUT2D eigenvalue weighted by atomic mass is 16.6. The molecule has 0 atom stereocenters. The molecule has 0 fully saturated rings. The van der Waals surface area contributed by atoms with Crippen molar-refractivity contribution in [1.29, 1.82) is 0 Å². The van der Waals surface area contributed by atoms with Crippen molar-refractivity contribution in [2.45, 2.75) is 19.8 Å². The van der Waals surface area contributed by atoms with Crippen molar-refractivity contribution in [3.63, 3.8) is 0 Å². The number of fused-ring (bicyclic) bond motifs is 1. The van der Waals surface area contributed by atoms with E-state index in [-0.39, 0.29) is 5.91 Å². The highest BCUT2D eigenvalue weighted by Crippen LogP contribution is 2.32. The van der Waals surface area contributed by atoms with Crippen molar-refractivity contribution in [2.75, 3.05) is 37.0 Å². The number of ether oxygens (including phenoxy) is 2. The SMILES string of the molecule is CCCCN(C)c1cncc(C(=O)Nc2ccc3c(c2)OCCO3)c1. The van der Waals surface area contributed by atoms with Gasteiger partial charge in [0.2, 0.25) is 0 Å². The summed E-state index contributed by atoms with van der Waals surface area (Å²) >= 11 is 0. The lowest BCUT2D eigenvalue weighted by Gasteiger charge is -2.20. The summed E-state index contributed by atoms with van der Waals surface area (Å²) in [6.07, 6.45) is 5.58. The van der Waals surface area contributed by atoms with Crippen molar-refractivity contribution in [2.24, 2.45) is 0 Å². The monoisotopic (exact) mass is 341 g/mol. The molecule has 0 unspecified atom stereocenters. The maximum absolute atomic E-state index is 12.5. The topological polar surface area (TPSA) is 63.7 Å². The fourth-order valence-corrected chi connectivity index (χ4v) is 2.61. The molecule has 2 aromatic rings. The van der Waals surface area contributed by atoms with Crippen molar-refractivity contribution in [3.05, 3.63) is 42.2 Å². The molecule has 1 amide bonds. The molecular formula is C19H23N3O3. The first-order valence-electron chi connectivity index (χ1n) is 8.54. The van der Waals surface area contributed by atoms with Gasteiger partial charge in [0, 0.05) is 31.5 Å². The predicted octanol–water partition coefficient (Wildman–Crippen LogP) is 3.34. The number of hydrogen-bond donors (Lipinski definition) is 1. The van der Waals surface area contributed by atoms with Gasteiger partial charge in [-0.1, -0.05) is 13.3 Å². The number of hydrogen-bond acceptors (Lipinski definition) is 5. The highest BCUT2D eigenvalue weighted by molar-refractivity contribution is 6.04. The molecule has 1 N–H and O–H groups in total. The zero-order chi connectivity index (χ0) is 17.6. The fraction of sp³-hybridized carbons (Fsp3) is 0.368. The summed E-state index contributed by atoms with van der Waals surface area (Å²) < 4.78 is 11.0. The lowest BCUT2D eigenvalue weighted by atomic mass is 10.2. The number of amides is 1. The third-order valence-electron chi connectivity index (χ3n) is 4.07. The second-order valence-electron chi connectivity index (χ2n) is 6.02. The lowest BCUT2D eigenvalue weighted by Crippen LogP contribution is -2.20. The molecule has 1 aromatic carbocycles. The van der Waals surface area contributed by atoms with Crippen LogP contribution in [0.15, 0.2) is 36.7 Å². The molecule has 1 aliphatic rings. The highest BCUT2D eigenvalue weighted by Gasteiger charge is 2.14. The Morgan fingerprint density at radius 3 is 2.80 bits per heavy atom. The summed E-state index contributed by atoms with van der Waals surface area (Å²) in [5.74, 6) is 1.15. The molecule has 6 nitrogen and oxygen atoms in total. The normalized spacial score (nSPS) is 12.6. The smallest absolute Gasteiger partial charge is 0.257 e. The molecule has 0 spiro atoms. The first-order chi connectivity index (χ1) is 12.2. The van der Waals surface area contributed by atoms with Crippen LogP contribution in [0.25, 0.3) is 0 Å². The average Bonchev–Trinajstić information content (AvgIpc) is 2.66. The number of nitrogens with zero attached hydrogens (tertiary/aromatic N) is 2. The molecule has 1 aromatic heterocycles. The summed E-state index contributed by atoms with van der Waals surface area (Å²) in [5.41, 5.74) is 2.12. The van der Waals surface area contributed by atoms with E-state index < -0.39 is 0 Å². The van der Waals surface area contributed by atoms with E-state index in [2.05, 4.69) is 22.1 Å². The predicted molar refractivity (Wildman–Crippen MR) is 97.8 cm³/mol. The van der Waals surface area contributed by atoms with E-state index in [0.717, 1.165) is 25.1 Å². The maximum Gasteiger partial charge on any atom is 0.257 e. The first kappa shape index (κ1) is 17.1. The molecule has 0 bridgehead atoms. The van der Waals surface area contributed by atoms with Crippen LogP contribution < -0.4 is 19.7 Å². The van der Waals surface area contributed by atoms with Crippen LogP contribution in [0, 0.1) is 0 Å². The Morgan fingerprint density at radius 2 is 2.00 bits per heavy atom. The Kier molecular flexibility index (Phi) is 5.38. The van der Waals surface area contributed by atoms with Crippen LogP contribution >= 0.6 is 0 Å². The number of aromatic nitrogens is 1. The van der Waals surface area contributed by atoms with E-state index >= 15 is 0 Å². The van der Waals surface area contributed by atoms with Gasteiger partial charge in [-0.2, -0.15) is 0 Å². The summed E-state index contributed by atoms with van der Waals surface area (Å²) in [5, 5.41) is 2.88. The van der Waals surface area contributed by atoms with Crippen molar-refractivity contribution >= 4 is 17.3 Å². The van der Waals surface area contributed by atoms with E-state index in [1.807, 2.05) is 13.1 Å². The van der Waals surface area contributed by atoms with Crippen molar-refractivity contribution < 1.29 is 14.3 Å². The van der Waals surface area contributed by atoms with Crippen LogP contribution in [0.3, 0.4) is 0 Å². The van der Waals surface area contributed by atoms with Crippen LogP contribution in [-0.4, -0.2) is 37.7 Å². The third kappa shape index (κ3) is 4.21. The number of carbonyl (C=O) groups is 1. The van der Waals surface area contributed by atoms with Crippen LogP contribution in [0.1, 0.15) is 30.1 Å². The molecule has 1 aliphatic heterocycles. The number of anilines is 2. The van der Waals surface area contributed by atoms with E-state index in [1.165, 1.54) is 0 Å². The molecule has 0 radical (unpaired) electrons. The largest absolute Gasteiger partial charge is 0.486 e. The number of nitrogens with one attached hydrogen (secondary N) is 1. The van der Waals surface area contributed by atoms with E-state index in [9.17, 15) is 4.79 Å². The molecule has 2 heterocycles. The van der Waals surface area contributed by atoms with Crippen molar-refractivity contribution in [1.82, 2.24) is 4.98 Å².